The summed E-state index contributed by atoms with van der Waals surface area (Å²) >= 11 is 0. The van der Waals surface area contributed by atoms with Crippen molar-refractivity contribution in [1.29, 1.82) is 0 Å². The number of guanidine groups is 1. The number of benzene rings is 1. The van der Waals surface area contributed by atoms with Crippen LogP contribution in [0, 0.1) is 5.82 Å². The molecule has 0 aliphatic carbocycles. The molecule has 2 rings (SSSR count). The normalized spacial score (nSPS) is 17.6. The van der Waals surface area contributed by atoms with Gasteiger partial charge in [-0.15, -0.1) is 0 Å². The lowest BCUT2D eigenvalue weighted by molar-refractivity contribution is -0.127. The minimum absolute atomic E-state index is 0.0385. The summed E-state index contributed by atoms with van der Waals surface area (Å²) in [5.74, 6) is 0.239. The second kappa shape index (κ2) is 9.22. The van der Waals surface area contributed by atoms with Crippen LogP contribution in [0.4, 0.5) is 4.39 Å². The Morgan fingerprint density at radius 2 is 2.08 bits per heavy atom. The largest absolute Gasteiger partial charge is 0.376 e. The van der Waals surface area contributed by atoms with Crippen molar-refractivity contribution in [3.63, 3.8) is 0 Å². The van der Waals surface area contributed by atoms with Gasteiger partial charge in [0.05, 0.1) is 19.2 Å². The van der Waals surface area contributed by atoms with Crippen LogP contribution >= 0.6 is 0 Å². The molecule has 24 heavy (non-hydrogen) atoms. The average molecular weight is 336 g/mol. The molecule has 0 bridgehead atoms. The summed E-state index contributed by atoms with van der Waals surface area (Å²) in [5.41, 5.74) is 0.897. The van der Waals surface area contributed by atoms with Crippen LogP contribution in [0.1, 0.15) is 18.4 Å². The van der Waals surface area contributed by atoms with Gasteiger partial charge in [0.15, 0.2) is 5.96 Å². The number of likely N-dealkylation sites (N-methyl/N-ethyl adjacent to an activating group) is 1. The minimum atomic E-state index is -0.269. The number of hydrogen-bond donors (Lipinski definition) is 2. The van der Waals surface area contributed by atoms with Crippen LogP contribution in [0.25, 0.3) is 0 Å². The summed E-state index contributed by atoms with van der Waals surface area (Å²) in [6.07, 6.45) is 2.27. The molecule has 1 atom stereocenters. The summed E-state index contributed by atoms with van der Waals surface area (Å²) in [5, 5.41) is 6.23. The van der Waals surface area contributed by atoms with Crippen LogP contribution in [-0.4, -0.2) is 56.7 Å². The molecule has 132 valence electrons. The highest BCUT2D eigenvalue weighted by Crippen LogP contribution is 2.10. The van der Waals surface area contributed by atoms with Crippen molar-refractivity contribution < 1.29 is 13.9 Å². The van der Waals surface area contributed by atoms with Crippen LogP contribution in [-0.2, 0) is 16.1 Å². The summed E-state index contributed by atoms with van der Waals surface area (Å²) < 4.78 is 18.5. The third-order valence-electron chi connectivity index (χ3n) is 3.76. The number of ether oxygens (including phenoxy) is 1. The SMILES string of the molecule is CN(C)C(=O)CNC(=NCc1ccc(F)cc1)NCC1CCCO1. The quantitative estimate of drug-likeness (QED) is 0.604. The summed E-state index contributed by atoms with van der Waals surface area (Å²) in [6.45, 7) is 2.00. The standard InChI is InChI=1S/C17H25FN4O2/c1-22(2)16(23)12-21-17(20-11-15-4-3-9-24-15)19-10-13-5-7-14(18)8-6-13/h5-8,15H,3-4,9-12H2,1-2H3,(H2,19,20,21). The van der Waals surface area contributed by atoms with Crippen molar-refractivity contribution >= 4 is 11.9 Å². The Morgan fingerprint density at radius 3 is 2.71 bits per heavy atom. The van der Waals surface area contributed by atoms with E-state index in [4.69, 9.17) is 4.74 Å². The molecular formula is C17H25FN4O2. The molecule has 1 saturated heterocycles. The van der Waals surface area contributed by atoms with Crippen LogP contribution in [0.2, 0.25) is 0 Å². The van der Waals surface area contributed by atoms with Gasteiger partial charge >= 0.3 is 0 Å². The van der Waals surface area contributed by atoms with Gasteiger partial charge in [-0.3, -0.25) is 4.79 Å². The molecule has 1 fully saturated rings. The Bertz CT molecular complexity index is 554. The second-order valence-corrected chi connectivity index (χ2v) is 5.95. The van der Waals surface area contributed by atoms with Gasteiger partial charge in [-0.1, -0.05) is 12.1 Å². The second-order valence-electron chi connectivity index (χ2n) is 5.95. The van der Waals surface area contributed by atoms with E-state index in [0.29, 0.717) is 19.0 Å². The monoisotopic (exact) mass is 336 g/mol. The van der Waals surface area contributed by atoms with Gasteiger partial charge in [0.1, 0.15) is 5.82 Å². The van der Waals surface area contributed by atoms with Crippen molar-refractivity contribution in [3.8, 4) is 0 Å². The highest BCUT2D eigenvalue weighted by molar-refractivity contribution is 5.86. The molecule has 1 amide bonds. The van der Waals surface area contributed by atoms with Crippen LogP contribution in [0.15, 0.2) is 29.3 Å². The van der Waals surface area contributed by atoms with Gasteiger partial charge in [-0.25, -0.2) is 9.38 Å². The number of nitrogens with one attached hydrogen (secondary N) is 2. The fourth-order valence-corrected chi connectivity index (χ4v) is 2.27. The molecule has 6 nitrogen and oxygen atoms in total. The minimum Gasteiger partial charge on any atom is -0.376 e. The number of rotatable bonds is 6. The molecule has 0 aromatic heterocycles. The first kappa shape index (κ1) is 18.2. The molecule has 0 spiro atoms. The predicted molar refractivity (Wildman–Crippen MR) is 91.2 cm³/mol. The lowest BCUT2D eigenvalue weighted by Crippen LogP contribution is -2.45. The number of amides is 1. The molecule has 1 heterocycles. The Balaban J connectivity index is 1.92. The number of carbonyl (C=O) groups is 1. The van der Waals surface area contributed by atoms with E-state index in [1.54, 1.807) is 26.2 Å². The van der Waals surface area contributed by atoms with Gasteiger partial charge in [-0.2, -0.15) is 0 Å². The van der Waals surface area contributed by atoms with Crippen molar-refractivity contribution in [2.75, 3.05) is 33.8 Å². The molecule has 1 unspecified atom stereocenters. The first-order chi connectivity index (χ1) is 11.5. The molecule has 0 radical (unpaired) electrons. The number of halogens is 1. The van der Waals surface area contributed by atoms with E-state index in [1.807, 2.05) is 0 Å². The topological polar surface area (TPSA) is 66.0 Å². The van der Waals surface area contributed by atoms with E-state index in [0.717, 1.165) is 25.0 Å². The molecule has 1 aromatic carbocycles. The first-order valence-electron chi connectivity index (χ1n) is 8.13. The van der Waals surface area contributed by atoms with E-state index in [2.05, 4.69) is 15.6 Å². The highest BCUT2D eigenvalue weighted by atomic mass is 19.1. The van der Waals surface area contributed by atoms with Crippen LogP contribution < -0.4 is 10.6 Å². The molecule has 1 aromatic rings. The van der Waals surface area contributed by atoms with Gasteiger partial charge < -0.3 is 20.3 Å². The predicted octanol–water partition coefficient (Wildman–Crippen LogP) is 1.13. The Hall–Kier alpha value is -2.15. The molecule has 2 N–H and O–H groups in total. The van der Waals surface area contributed by atoms with Gasteiger partial charge in [0.2, 0.25) is 5.91 Å². The van der Waals surface area contributed by atoms with Crippen LogP contribution in [0.3, 0.4) is 0 Å². The highest BCUT2D eigenvalue weighted by Gasteiger charge is 2.16. The van der Waals surface area contributed by atoms with Crippen molar-refractivity contribution in [3.05, 3.63) is 35.6 Å². The summed E-state index contributed by atoms with van der Waals surface area (Å²) in [6, 6.07) is 6.21. The zero-order valence-electron chi connectivity index (χ0n) is 14.2. The van der Waals surface area contributed by atoms with E-state index in [1.165, 1.54) is 17.0 Å². The Kier molecular flexibility index (Phi) is 6.99. The van der Waals surface area contributed by atoms with Gasteiger partial charge in [0, 0.05) is 27.2 Å². The smallest absolute Gasteiger partial charge is 0.241 e. The lowest BCUT2D eigenvalue weighted by Gasteiger charge is -2.17. The number of nitrogens with zero attached hydrogens (tertiary/aromatic N) is 2. The number of carbonyl (C=O) groups excluding carboxylic acids is 1. The zero-order chi connectivity index (χ0) is 17.4. The number of hydrogen-bond acceptors (Lipinski definition) is 3. The molecule has 7 heteroatoms. The Morgan fingerprint density at radius 1 is 1.33 bits per heavy atom. The molecule has 1 aliphatic heterocycles. The van der Waals surface area contributed by atoms with Crippen molar-refractivity contribution in [1.82, 2.24) is 15.5 Å². The number of aliphatic imine (C=N–C) groups is 1. The third kappa shape index (κ3) is 6.16. The fraction of sp³-hybridized carbons (Fsp3) is 0.529. The van der Waals surface area contributed by atoms with Gasteiger partial charge in [-0.05, 0) is 30.5 Å². The van der Waals surface area contributed by atoms with Crippen LogP contribution in [0.5, 0.6) is 0 Å². The Labute approximate surface area is 142 Å². The maximum absolute atomic E-state index is 12.9. The maximum Gasteiger partial charge on any atom is 0.241 e. The van der Waals surface area contributed by atoms with Crippen molar-refractivity contribution in [2.45, 2.75) is 25.5 Å². The maximum atomic E-state index is 12.9. The van der Waals surface area contributed by atoms with Gasteiger partial charge in [0.25, 0.3) is 0 Å². The first-order valence-corrected chi connectivity index (χ1v) is 8.13. The molecule has 1 aliphatic rings. The summed E-state index contributed by atoms with van der Waals surface area (Å²) in [7, 11) is 3.41. The lowest BCUT2D eigenvalue weighted by atomic mass is 10.2. The van der Waals surface area contributed by atoms with E-state index >= 15 is 0 Å². The van der Waals surface area contributed by atoms with Crippen molar-refractivity contribution in [2.24, 2.45) is 4.99 Å². The average Bonchev–Trinajstić information content (AvgIpc) is 3.08. The third-order valence-corrected chi connectivity index (χ3v) is 3.76. The van der Waals surface area contributed by atoms with E-state index in [-0.39, 0.29) is 24.4 Å². The molecular weight excluding hydrogens is 311 g/mol. The van der Waals surface area contributed by atoms with E-state index in [9.17, 15) is 9.18 Å². The zero-order valence-corrected chi connectivity index (χ0v) is 14.2. The van der Waals surface area contributed by atoms with E-state index < -0.39 is 0 Å². The molecule has 0 saturated carbocycles. The summed E-state index contributed by atoms with van der Waals surface area (Å²) in [4.78, 5) is 17.7. The fourth-order valence-electron chi connectivity index (χ4n) is 2.27.